The van der Waals surface area contributed by atoms with E-state index in [1.54, 1.807) is 18.2 Å². The molecule has 164 valence electrons. The van der Waals surface area contributed by atoms with Gasteiger partial charge in [0.05, 0.1) is 20.8 Å². The summed E-state index contributed by atoms with van der Waals surface area (Å²) in [4.78, 5) is 4.62. The quantitative estimate of drug-likeness (QED) is 0.275. The van der Waals surface area contributed by atoms with E-state index in [2.05, 4.69) is 15.6 Å². The molecule has 1 aliphatic carbocycles. The maximum atomic E-state index is 14.2. The van der Waals surface area contributed by atoms with Gasteiger partial charge in [-0.05, 0) is 49.1 Å². The van der Waals surface area contributed by atoms with Gasteiger partial charge in [-0.3, -0.25) is 0 Å². The Labute approximate surface area is 193 Å². The van der Waals surface area contributed by atoms with Crippen LogP contribution in [0.2, 0.25) is 0 Å². The molecule has 0 radical (unpaired) electrons. The maximum absolute atomic E-state index is 14.2. The van der Waals surface area contributed by atoms with E-state index in [4.69, 9.17) is 9.47 Å². The molecule has 0 bridgehead atoms. The summed E-state index contributed by atoms with van der Waals surface area (Å²) in [6.07, 6.45) is 1.90. The molecule has 0 aromatic heterocycles. The van der Waals surface area contributed by atoms with E-state index in [1.165, 1.54) is 20.3 Å². The topological polar surface area (TPSA) is 75.1 Å². The largest absolute Gasteiger partial charge is 0.502 e. The monoisotopic (exact) mass is 529 g/mol. The van der Waals surface area contributed by atoms with Crippen molar-refractivity contribution in [1.82, 2.24) is 10.6 Å². The molecule has 0 unspecified atom stereocenters. The van der Waals surface area contributed by atoms with Crippen molar-refractivity contribution < 1.29 is 19.0 Å². The van der Waals surface area contributed by atoms with Gasteiger partial charge in [0.1, 0.15) is 5.82 Å². The second-order valence-corrected chi connectivity index (χ2v) is 7.16. The van der Waals surface area contributed by atoms with Crippen LogP contribution in [-0.4, -0.2) is 38.4 Å². The highest BCUT2D eigenvalue weighted by Crippen LogP contribution is 2.48. The van der Waals surface area contributed by atoms with Gasteiger partial charge >= 0.3 is 0 Å². The van der Waals surface area contributed by atoms with Crippen LogP contribution < -0.4 is 20.1 Å². The summed E-state index contributed by atoms with van der Waals surface area (Å²) < 4.78 is 24.6. The Morgan fingerprint density at radius 1 is 1.13 bits per heavy atom. The van der Waals surface area contributed by atoms with Crippen molar-refractivity contribution in [3.05, 3.63) is 53.3 Å². The number of phenolic OH excluding ortho intramolecular Hbond substituents is 1. The minimum absolute atomic E-state index is 0. The number of aliphatic imine (C=N–C) groups is 1. The Hall–Kier alpha value is -2.23. The number of nitrogens with zero attached hydrogens (tertiary/aromatic N) is 1. The van der Waals surface area contributed by atoms with Crippen LogP contribution in [0, 0.1) is 5.82 Å². The average Bonchev–Trinajstić information content (AvgIpc) is 3.52. The van der Waals surface area contributed by atoms with Crippen LogP contribution in [0.3, 0.4) is 0 Å². The van der Waals surface area contributed by atoms with Crippen LogP contribution in [0.1, 0.15) is 30.9 Å². The summed E-state index contributed by atoms with van der Waals surface area (Å²) in [5.41, 5.74) is 1.42. The molecule has 2 aromatic rings. The summed E-state index contributed by atoms with van der Waals surface area (Å²) in [6, 6.07) is 10.4. The highest BCUT2D eigenvalue weighted by molar-refractivity contribution is 14.0. The molecular weight excluding hydrogens is 500 g/mol. The molecule has 1 fully saturated rings. The molecule has 8 heteroatoms. The molecule has 1 aliphatic rings. The van der Waals surface area contributed by atoms with Crippen LogP contribution in [0.5, 0.6) is 17.2 Å². The van der Waals surface area contributed by atoms with E-state index >= 15 is 0 Å². The van der Waals surface area contributed by atoms with Crippen LogP contribution in [0.15, 0.2) is 41.4 Å². The van der Waals surface area contributed by atoms with Gasteiger partial charge in [-0.1, -0.05) is 18.2 Å². The standard InChI is InChI=1S/C22H28FN3O3.HI/c1-4-24-21(25-13-15-11-18(28-2)20(27)19(12-15)29-3)26-14-22(9-10-22)16-7-5-6-8-17(16)23;/h5-8,11-12,27H,4,9-10,13-14H2,1-3H3,(H2,24,25,26);1H. The van der Waals surface area contributed by atoms with Gasteiger partial charge in [0.2, 0.25) is 5.75 Å². The predicted octanol–water partition coefficient (Wildman–Crippen LogP) is 3.95. The molecule has 6 nitrogen and oxygen atoms in total. The Kier molecular flexibility index (Phi) is 8.57. The van der Waals surface area contributed by atoms with Crippen LogP contribution in [0.25, 0.3) is 0 Å². The summed E-state index contributed by atoms with van der Waals surface area (Å²) in [6.45, 7) is 3.69. The van der Waals surface area contributed by atoms with Crippen molar-refractivity contribution in [1.29, 1.82) is 0 Å². The summed E-state index contributed by atoms with van der Waals surface area (Å²) >= 11 is 0. The summed E-state index contributed by atoms with van der Waals surface area (Å²) in [7, 11) is 2.98. The van der Waals surface area contributed by atoms with Gasteiger partial charge in [0.25, 0.3) is 0 Å². The lowest BCUT2D eigenvalue weighted by Gasteiger charge is -2.19. The van der Waals surface area contributed by atoms with E-state index in [0.29, 0.717) is 37.1 Å². The Balaban J connectivity index is 0.00000320. The van der Waals surface area contributed by atoms with Crippen molar-refractivity contribution in [3.63, 3.8) is 0 Å². The normalized spacial score (nSPS) is 14.5. The number of benzene rings is 2. The zero-order chi connectivity index (χ0) is 20.9. The number of ether oxygens (including phenoxy) is 2. The number of hydrogen-bond donors (Lipinski definition) is 3. The minimum Gasteiger partial charge on any atom is -0.502 e. The molecule has 3 N–H and O–H groups in total. The lowest BCUT2D eigenvalue weighted by molar-refractivity contribution is 0.339. The van der Waals surface area contributed by atoms with Crippen molar-refractivity contribution in [2.45, 2.75) is 31.7 Å². The van der Waals surface area contributed by atoms with Gasteiger partial charge in [-0.2, -0.15) is 0 Å². The first-order valence-corrected chi connectivity index (χ1v) is 9.74. The van der Waals surface area contributed by atoms with E-state index in [0.717, 1.165) is 24.0 Å². The smallest absolute Gasteiger partial charge is 0.200 e. The van der Waals surface area contributed by atoms with Crippen LogP contribution in [0.4, 0.5) is 4.39 Å². The van der Waals surface area contributed by atoms with Gasteiger partial charge in [0, 0.05) is 18.5 Å². The number of methoxy groups -OCH3 is 2. The third-order valence-electron chi connectivity index (χ3n) is 5.20. The molecule has 0 saturated heterocycles. The fraction of sp³-hybridized carbons (Fsp3) is 0.409. The fourth-order valence-corrected chi connectivity index (χ4v) is 3.39. The third kappa shape index (κ3) is 5.47. The Morgan fingerprint density at radius 2 is 1.77 bits per heavy atom. The molecule has 0 atom stereocenters. The third-order valence-corrected chi connectivity index (χ3v) is 5.20. The second-order valence-electron chi connectivity index (χ2n) is 7.16. The van der Waals surface area contributed by atoms with Crippen LogP contribution in [-0.2, 0) is 12.0 Å². The highest BCUT2D eigenvalue weighted by Gasteiger charge is 2.45. The first-order valence-electron chi connectivity index (χ1n) is 9.74. The Bertz CT molecular complexity index is 863. The molecular formula is C22H29FIN3O3. The van der Waals surface area contributed by atoms with Crippen molar-refractivity contribution in [2.75, 3.05) is 27.3 Å². The number of hydrogen-bond acceptors (Lipinski definition) is 4. The lowest BCUT2D eigenvalue weighted by atomic mass is 9.95. The van der Waals surface area contributed by atoms with E-state index in [9.17, 15) is 9.50 Å². The molecule has 2 aromatic carbocycles. The van der Waals surface area contributed by atoms with E-state index < -0.39 is 0 Å². The van der Waals surface area contributed by atoms with Crippen molar-refractivity contribution in [2.24, 2.45) is 4.99 Å². The summed E-state index contributed by atoms with van der Waals surface area (Å²) in [5, 5.41) is 16.6. The predicted molar refractivity (Wildman–Crippen MR) is 127 cm³/mol. The highest BCUT2D eigenvalue weighted by atomic mass is 127. The number of phenols is 1. The van der Waals surface area contributed by atoms with E-state index in [1.807, 2.05) is 19.1 Å². The zero-order valence-corrected chi connectivity index (χ0v) is 19.8. The van der Waals surface area contributed by atoms with Gasteiger partial charge in [-0.25, -0.2) is 9.38 Å². The number of guanidine groups is 1. The van der Waals surface area contributed by atoms with Crippen molar-refractivity contribution >= 4 is 29.9 Å². The average molecular weight is 529 g/mol. The van der Waals surface area contributed by atoms with E-state index in [-0.39, 0.29) is 41.0 Å². The molecule has 0 spiro atoms. The van der Waals surface area contributed by atoms with Gasteiger partial charge in [-0.15, -0.1) is 24.0 Å². The van der Waals surface area contributed by atoms with Gasteiger partial charge < -0.3 is 25.2 Å². The SMILES string of the molecule is CCNC(=NCc1cc(OC)c(O)c(OC)c1)NCC1(c2ccccc2F)CC1.I. The zero-order valence-electron chi connectivity index (χ0n) is 17.5. The molecule has 30 heavy (non-hydrogen) atoms. The lowest BCUT2D eigenvalue weighted by Crippen LogP contribution is -2.41. The van der Waals surface area contributed by atoms with Crippen molar-refractivity contribution in [3.8, 4) is 17.2 Å². The van der Waals surface area contributed by atoms with Gasteiger partial charge in [0.15, 0.2) is 17.5 Å². The first kappa shape index (κ1) is 24.0. The Morgan fingerprint density at radius 3 is 2.30 bits per heavy atom. The molecule has 3 rings (SSSR count). The fourth-order valence-electron chi connectivity index (χ4n) is 3.39. The second kappa shape index (κ2) is 10.7. The molecule has 0 heterocycles. The maximum Gasteiger partial charge on any atom is 0.200 e. The number of halogens is 2. The minimum atomic E-state index is -0.174. The molecule has 1 saturated carbocycles. The molecule has 0 aliphatic heterocycles. The van der Waals surface area contributed by atoms with Crippen LogP contribution >= 0.6 is 24.0 Å². The number of rotatable bonds is 8. The molecule has 0 amide bonds. The number of aromatic hydroxyl groups is 1. The number of nitrogens with one attached hydrogen (secondary N) is 2. The first-order chi connectivity index (χ1) is 14.0. The summed E-state index contributed by atoms with van der Waals surface area (Å²) in [5.74, 6) is 1.14.